The maximum atomic E-state index is 7.78. The van der Waals surface area contributed by atoms with Crippen LogP contribution in [0.25, 0.3) is 0 Å². The maximum absolute atomic E-state index is 7.78. The fraction of sp³-hybridized carbons (Fsp3) is 0.579. The first-order chi connectivity index (χ1) is 12.7. The molecule has 0 spiro atoms. The number of nitrogens with zero attached hydrogens (tertiary/aromatic N) is 1. The van der Waals surface area contributed by atoms with Gasteiger partial charge in [-0.2, -0.15) is 0 Å². The van der Waals surface area contributed by atoms with Crippen molar-refractivity contribution >= 4 is 12.4 Å². The highest BCUT2D eigenvalue weighted by Gasteiger charge is 2.30. The smallest absolute Gasteiger partial charge is 0.103 e. The van der Waals surface area contributed by atoms with Crippen LogP contribution in [0.3, 0.4) is 0 Å². The third-order valence-corrected chi connectivity index (χ3v) is 5.14. The van der Waals surface area contributed by atoms with Crippen LogP contribution in [0.5, 0.6) is 0 Å². The molecule has 6 N–H and O–H groups in total. The van der Waals surface area contributed by atoms with Gasteiger partial charge in [-0.25, -0.2) is 0 Å². The van der Waals surface area contributed by atoms with Gasteiger partial charge in [-0.3, -0.25) is 4.99 Å². The Kier molecular flexibility index (Phi) is 6.60. The zero-order valence-electron chi connectivity index (χ0n) is 15.1. The minimum Gasteiger partial charge on any atom is -0.402 e. The number of ether oxygens (including phenoxy) is 2. The molecule has 4 atom stereocenters. The summed E-state index contributed by atoms with van der Waals surface area (Å²) in [4.78, 5) is 4.50. The molecule has 0 aromatic carbocycles. The molecule has 3 unspecified atom stereocenters. The first kappa shape index (κ1) is 18.8. The first-order valence-electron chi connectivity index (χ1n) is 9.24. The number of aliphatic imine (C=N–C) groups is 1. The summed E-state index contributed by atoms with van der Waals surface area (Å²) in [5, 5.41) is 11.0. The largest absolute Gasteiger partial charge is 0.402 e. The predicted molar refractivity (Wildman–Crippen MR) is 103 cm³/mol. The second kappa shape index (κ2) is 9.12. The third kappa shape index (κ3) is 4.81. The van der Waals surface area contributed by atoms with E-state index in [0.29, 0.717) is 26.4 Å². The highest BCUT2D eigenvalue weighted by Crippen LogP contribution is 2.33. The van der Waals surface area contributed by atoms with Crippen LogP contribution in [0.2, 0.25) is 0 Å². The fourth-order valence-electron chi connectivity index (χ4n) is 3.57. The Morgan fingerprint density at radius 3 is 2.92 bits per heavy atom. The van der Waals surface area contributed by atoms with E-state index in [1.54, 1.807) is 0 Å². The molecular weight excluding hydrogens is 330 g/mol. The molecule has 1 aliphatic carbocycles. The number of nitrogens with two attached hydrogens (primary N) is 2. The van der Waals surface area contributed by atoms with Crippen LogP contribution < -0.4 is 16.8 Å². The van der Waals surface area contributed by atoms with Gasteiger partial charge in [0.25, 0.3) is 0 Å². The number of nitrogens with one attached hydrogen (secondary N) is 2. The summed E-state index contributed by atoms with van der Waals surface area (Å²) in [6.07, 6.45) is 11.7. The van der Waals surface area contributed by atoms with E-state index in [2.05, 4.69) is 16.4 Å². The van der Waals surface area contributed by atoms with Crippen LogP contribution >= 0.6 is 0 Å². The Morgan fingerprint density at radius 1 is 1.35 bits per heavy atom. The summed E-state index contributed by atoms with van der Waals surface area (Å²) in [6, 6.07) is 0. The van der Waals surface area contributed by atoms with Gasteiger partial charge in [0, 0.05) is 42.7 Å². The summed E-state index contributed by atoms with van der Waals surface area (Å²) >= 11 is 0. The van der Waals surface area contributed by atoms with Crippen molar-refractivity contribution < 1.29 is 9.47 Å². The number of hydrogen-bond acceptors (Lipinski definition) is 7. The SMILES string of the molecule is N=C/C(=C\NC[C@H]1COCCO1)C1C=NC(N)C(C2=CC=C(N)CC2)C1. The van der Waals surface area contributed by atoms with Crippen LogP contribution in [0, 0.1) is 17.2 Å². The monoisotopic (exact) mass is 359 g/mol. The molecule has 0 aromatic heterocycles. The van der Waals surface area contributed by atoms with Crippen molar-refractivity contribution in [3.8, 4) is 0 Å². The zero-order valence-corrected chi connectivity index (χ0v) is 15.1. The molecule has 3 aliphatic rings. The van der Waals surface area contributed by atoms with Gasteiger partial charge in [0.1, 0.15) is 6.17 Å². The average Bonchev–Trinajstić information content (AvgIpc) is 2.68. The van der Waals surface area contributed by atoms with Crippen molar-refractivity contribution in [2.45, 2.75) is 31.5 Å². The second-order valence-electron chi connectivity index (χ2n) is 6.99. The standard InChI is InChI=1S/C19H29N5O2/c20-8-15(9-23-11-17-12-25-5-6-26-17)14-7-18(19(22)24-10-14)13-1-3-16(21)4-2-13/h1,3,8-10,14,17-20,23H,2,4-7,11-12,21-22H2/b15-9+,20-8?/t14?,17-,18?,19?/m0/s1. The van der Waals surface area contributed by atoms with Crippen LogP contribution in [0.1, 0.15) is 19.3 Å². The summed E-state index contributed by atoms with van der Waals surface area (Å²) in [5.41, 5.74) is 15.2. The summed E-state index contributed by atoms with van der Waals surface area (Å²) in [5.74, 6) is 0.269. The molecule has 2 heterocycles. The van der Waals surface area contributed by atoms with Crippen LogP contribution in [-0.2, 0) is 9.47 Å². The molecule has 3 rings (SSSR count). The fourth-order valence-corrected chi connectivity index (χ4v) is 3.57. The molecule has 0 saturated carbocycles. The molecule has 7 heteroatoms. The Bertz CT molecular complexity index is 619. The Balaban J connectivity index is 1.61. The topological polar surface area (TPSA) is 119 Å². The highest BCUT2D eigenvalue weighted by atomic mass is 16.6. The lowest BCUT2D eigenvalue weighted by Crippen LogP contribution is -2.37. The summed E-state index contributed by atoms with van der Waals surface area (Å²) in [6.45, 7) is 2.57. The highest BCUT2D eigenvalue weighted by molar-refractivity contribution is 5.84. The average molecular weight is 359 g/mol. The zero-order chi connectivity index (χ0) is 18.4. The van der Waals surface area contributed by atoms with E-state index in [0.717, 1.165) is 30.5 Å². The van der Waals surface area contributed by atoms with E-state index in [4.69, 9.17) is 26.4 Å². The number of hydrogen-bond donors (Lipinski definition) is 4. The molecule has 0 radical (unpaired) electrons. The van der Waals surface area contributed by atoms with Gasteiger partial charge in [-0.05, 0) is 30.9 Å². The van der Waals surface area contributed by atoms with Gasteiger partial charge < -0.3 is 31.7 Å². The molecule has 142 valence electrons. The van der Waals surface area contributed by atoms with Crippen LogP contribution in [0.15, 0.2) is 40.2 Å². The molecule has 26 heavy (non-hydrogen) atoms. The van der Waals surface area contributed by atoms with Crippen LogP contribution in [0.4, 0.5) is 0 Å². The van der Waals surface area contributed by atoms with Crippen molar-refractivity contribution in [2.24, 2.45) is 28.3 Å². The normalized spacial score (nSPS) is 32.6. The Morgan fingerprint density at radius 2 is 2.23 bits per heavy atom. The maximum Gasteiger partial charge on any atom is 0.103 e. The van der Waals surface area contributed by atoms with Crippen LogP contribution in [-0.4, -0.2) is 51.1 Å². The van der Waals surface area contributed by atoms with Gasteiger partial charge in [0.15, 0.2) is 0 Å². The van der Waals surface area contributed by atoms with E-state index in [1.165, 1.54) is 11.8 Å². The van der Waals surface area contributed by atoms with Crippen molar-refractivity contribution in [1.82, 2.24) is 5.32 Å². The summed E-state index contributed by atoms with van der Waals surface area (Å²) < 4.78 is 11.0. The molecule has 0 bridgehead atoms. The van der Waals surface area contributed by atoms with Crippen molar-refractivity contribution in [1.29, 1.82) is 5.41 Å². The number of allylic oxidation sites excluding steroid dienone is 4. The molecule has 0 amide bonds. The molecule has 2 aliphatic heterocycles. The van der Waals surface area contributed by atoms with Crippen molar-refractivity contribution in [2.75, 3.05) is 26.4 Å². The predicted octanol–water partition coefficient (Wildman–Crippen LogP) is 1.08. The second-order valence-corrected chi connectivity index (χ2v) is 6.99. The molecule has 0 aromatic rings. The van der Waals surface area contributed by atoms with E-state index >= 15 is 0 Å². The molecular formula is C19H29N5O2. The van der Waals surface area contributed by atoms with Crippen molar-refractivity contribution in [3.63, 3.8) is 0 Å². The molecule has 1 fully saturated rings. The lowest BCUT2D eigenvalue weighted by atomic mass is 9.79. The number of rotatable bonds is 6. The van der Waals surface area contributed by atoms with E-state index in [1.807, 2.05) is 18.5 Å². The Labute approximate surface area is 154 Å². The first-order valence-corrected chi connectivity index (χ1v) is 9.24. The van der Waals surface area contributed by atoms with E-state index in [9.17, 15) is 0 Å². The third-order valence-electron chi connectivity index (χ3n) is 5.14. The van der Waals surface area contributed by atoms with E-state index in [-0.39, 0.29) is 24.1 Å². The lowest BCUT2D eigenvalue weighted by Gasteiger charge is -2.32. The quantitative estimate of drug-likeness (QED) is 0.529. The van der Waals surface area contributed by atoms with Gasteiger partial charge in [-0.15, -0.1) is 0 Å². The Hall–Kier alpha value is -1.96. The van der Waals surface area contributed by atoms with Gasteiger partial charge in [0.05, 0.1) is 25.9 Å². The van der Waals surface area contributed by atoms with Gasteiger partial charge >= 0.3 is 0 Å². The molecule has 1 saturated heterocycles. The summed E-state index contributed by atoms with van der Waals surface area (Å²) in [7, 11) is 0. The van der Waals surface area contributed by atoms with Gasteiger partial charge in [0.2, 0.25) is 0 Å². The minimum absolute atomic E-state index is 0.0535. The molecule has 7 nitrogen and oxygen atoms in total. The minimum atomic E-state index is -0.224. The van der Waals surface area contributed by atoms with Gasteiger partial charge in [-0.1, -0.05) is 11.6 Å². The lowest BCUT2D eigenvalue weighted by molar-refractivity contribution is -0.0854. The van der Waals surface area contributed by atoms with Crippen molar-refractivity contribution in [3.05, 3.63) is 35.2 Å². The van der Waals surface area contributed by atoms with E-state index < -0.39 is 0 Å².